The lowest BCUT2D eigenvalue weighted by Gasteiger charge is -2.23. The highest BCUT2D eigenvalue weighted by molar-refractivity contribution is 5.77. The van der Waals surface area contributed by atoms with Gasteiger partial charge in [0.1, 0.15) is 0 Å². The molecule has 0 unspecified atom stereocenters. The average molecular weight is 155 g/mol. The molecule has 0 aromatic carbocycles. The fourth-order valence-electron chi connectivity index (χ4n) is 1.66. The highest BCUT2D eigenvalue weighted by Crippen LogP contribution is 2.22. The smallest absolute Gasteiger partial charge is 0.167 e. The summed E-state index contributed by atoms with van der Waals surface area (Å²) in [6.07, 6.45) is 4.36. The van der Waals surface area contributed by atoms with E-state index < -0.39 is 0 Å². The average Bonchev–Trinajstić information content (AvgIpc) is 2.03. The predicted octanol–water partition coefficient (Wildman–Crippen LogP) is 2.31. The maximum Gasteiger partial charge on any atom is 0.167 e. The number of hydrogen-bond acceptors (Lipinski definition) is 1. The standard InChI is InChI=1S/C9H17NO/c1-8-6-4-5-7-9(2,3)10(8)11/h4-7H2,1-3H3. The van der Waals surface area contributed by atoms with Gasteiger partial charge in [-0.05, 0) is 12.8 Å². The maximum absolute atomic E-state index is 11.5. The van der Waals surface area contributed by atoms with Gasteiger partial charge >= 0.3 is 0 Å². The molecular weight excluding hydrogens is 138 g/mol. The van der Waals surface area contributed by atoms with Crippen molar-refractivity contribution in [1.29, 1.82) is 0 Å². The van der Waals surface area contributed by atoms with Gasteiger partial charge in [-0.3, -0.25) is 0 Å². The van der Waals surface area contributed by atoms with Crippen LogP contribution in [0.2, 0.25) is 0 Å². The predicted molar refractivity (Wildman–Crippen MR) is 46.9 cm³/mol. The molecule has 0 atom stereocenters. The Morgan fingerprint density at radius 1 is 1.36 bits per heavy atom. The fraction of sp³-hybridized carbons (Fsp3) is 0.889. The van der Waals surface area contributed by atoms with Gasteiger partial charge in [0.2, 0.25) is 0 Å². The molecule has 1 heterocycles. The van der Waals surface area contributed by atoms with Crippen LogP contribution in [0.15, 0.2) is 0 Å². The van der Waals surface area contributed by atoms with Crippen LogP contribution in [0.4, 0.5) is 0 Å². The second-order valence-corrected chi connectivity index (χ2v) is 4.05. The zero-order valence-corrected chi connectivity index (χ0v) is 7.68. The van der Waals surface area contributed by atoms with E-state index in [0.717, 1.165) is 18.6 Å². The van der Waals surface area contributed by atoms with Crippen molar-refractivity contribution < 1.29 is 4.74 Å². The molecule has 1 aliphatic rings. The van der Waals surface area contributed by atoms with E-state index >= 15 is 0 Å². The molecule has 0 N–H and O–H groups in total. The van der Waals surface area contributed by atoms with Gasteiger partial charge in [-0.1, -0.05) is 0 Å². The van der Waals surface area contributed by atoms with Crippen molar-refractivity contribution >= 4 is 5.71 Å². The van der Waals surface area contributed by atoms with Crippen LogP contribution in [0, 0.1) is 5.21 Å². The molecule has 0 spiro atoms. The van der Waals surface area contributed by atoms with Gasteiger partial charge in [0.05, 0.1) is 0 Å². The summed E-state index contributed by atoms with van der Waals surface area (Å²) >= 11 is 0. The van der Waals surface area contributed by atoms with Gasteiger partial charge in [-0.2, -0.15) is 0 Å². The zero-order valence-electron chi connectivity index (χ0n) is 7.68. The Balaban J connectivity index is 2.88. The minimum atomic E-state index is -0.166. The van der Waals surface area contributed by atoms with Gasteiger partial charge in [0.15, 0.2) is 11.3 Å². The molecule has 1 aliphatic heterocycles. The normalized spacial score (nSPS) is 25.0. The Labute approximate surface area is 68.5 Å². The molecule has 0 saturated carbocycles. The molecule has 0 fully saturated rings. The van der Waals surface area contributed by atoms with Crippen molar-refractivity contribution in [3.8, 4) is 0 Å². The lowest BCUT2D eigenvalue weighted by molar-refractivity contribution is -0.541. The van der Waals surface area contributed by atoms with E-state index in [2.05, 4.69) is 0 Å². The fourth-order valence-corrected chi connectivity index (χ4v) is 1.66. The van der Waals surface area contributed by atoms with Crippen molar-refractivity contribution in [2.75, 3.05) is 0 Å². The third kappa shape index (κ3) is 1.73. The Kier molecular flexibility index (Phi) is 2.21. The van der Waals surface area contributed by atoms with E-state index in [1.54, 1.807) is 0 Å². The van der Waals surface area contributed by atoms with Crippen LogP contribution < -0.4 is 0 Å². The van der Waals surface area contributed by atoms with Crippen molar-refractivity contribution in [2.24, 2.45) is 0 Å². The van der Waals surface area contributed by atoms with Crippen LogP contribution in [-0.4, -0.2) is 16.0 Å². The van der Waals surface area contributed by atoms with E-state index in [-0.39, 0.29) is 5.54 Å². The monoisotopic (exact) mass is 155 g/mol. The third-order valence-electron chi connectivity index (χ3n) is 2.47. The quantitative estimate of drug-likeness (QED) is 0.389. The first kappa shape index (κ1) is 8.57. The minimum Gasteiger partial charge on any atom is -0.623 e. The van der Waals surface area contributed by atoms with Gasteiger partial charge in [-0.15, -0.1) is 0 Å². The summed E-state index contributed by atoms with van der Waals surface area (Å²) in [7, 11) is 0. The first-order chi connectivity index (χ1) is 5.04. The second-order valence-electron chi connectivity index (χ2n) is 4.05. The van der Waals surface area contributed by atoms with Crippen molar-refractivity contribution in [2.45, 2.75) is 52.0 Å². The maximum atomic E-state index is 11.5. The molecule has 0 aromatic heterocycles. The molecular formula is C9H17NO. The largest absolute Gasteiger partial charge is 0.623 e. The van der Waals surface area contributed by atoms with Gasteiger partial charge in [-0.25, -0.2) is 4.74 Å². The summed E-state index contributed by atoms with van der Waals surface area (Å²) in [5.74, 6) is 0. The second kappa shape index (κ2) is 2.84. The van der Waals surface area contributed by atoms with E-state index in [4.69, 9.17) is 0 Å². The summed E-state index contributed by atoms with van der Waals surface area (Å²) in [6, 6.07) is 0. The number of rotatable bonds is 0. The molecule has 0 aromatic rings. The van der Waals surface area contributed by atoms with Crippen LogP contribution >= 0.6 is 0 Å². The lowest BCUT2D eigenvalue weighted by Crippen LogP contribution is -2.34. The third-order valence-corrected chi connectivity index (χ3v) is 2.47. The van der Waals surface area contributed by atoms with Crippen molar-refractivity contribution in [1.82, 2.24) is 0 Å². The van der Waals surface area contributed by atoms with Crippen LogP contribution in [0.25, 0.3) is 0 Å². The molecule has 1 rings (SSSR count). The molecule has 0 aliphatic carbocycles. The first-order valence-corrected chi connectivity index (χ1v) is 4.34. The van der Waals surface area contributed by atoms with Crippen LogP contribution in [0.5, 0.6) is 0 Å². The number of nitrogens with zero attached hydrogens (tertiary/aromatic N) is 1. The SMILES string of the molecule is CC1=[N+]([O-])C(C)(C)CCCC1. The first-order valence-electron chi connectivity index (χ1n) is 4.34. The van der Waals surface area contributed by atoms with Crippen molar-refractivity contribution in [3.05, 3.63) is 5.21 Å². The summed E-state index contributed by atoms with van der Waals surface area (Å²) in [5.41, 5.74) is 0.827. The summed E-state index contributed by atoms with van der Waals surface area (Å²) in [6.45, 7) is 5.99. The molecule has 2 nitrogen and oxygen atoms in total. The van der Waals surface area contributed by atoms with E-state index in [1.165, 1.54) is 17.6 Å². The van der Waals surface area contributed by atoms with E-state index in [9.17, 15) is 5.21 Å². The molecule has 0 saturated heterocycles. The molecule has 64 valence electrons. The van der Waals surface area contributed by atoms with Crippen molar-refractivity contribution in [3.63, 3.8) is 0 Å². The van der Waals surface area contributed by atoms with Crippen LogP contribution in [-0.2, 0) is 0 Å². The van der Waals surface area contributed by atoms with E-state index in [0.29, 0.717) is 0 Å². The van der Waals surface area contributed by atoms with Gasteiger partial charge in [0, 0.05) is 33.6 Å². The minimum absolute atomic E-state index is 0.166. The van der Waals surface area contributed by atoms with Gasteiger partial charge < -0.3 is 5.21 Å². The van der Waals surface area contributed by atoms with Gasteiger partial charge in [0.25, 0.3) is 0 Å². The topological polar surface area (TPSA) is 26.1 Å². The Hall–Kier alpha value is -0.530. The highest BCUT2D eigenvalue weighted by atomic mass is 16.5. The molecule has 0 radical (unpaired) electrons. The van der Waals surface area contributed by atoms with E-state index in [1.807, 2.05) is 20.8 Å². The molecule has 0 amide bonds. The zero-order chi connectivity index (χ0) is 8.48. The molecule has 0 bridgehead atoms. The molecule has 2 heteroatoms. The summed E-state index contributed by atoms with van der Waals surface area (Å²) in [5, 5.41) is 11.5. The Bertz CT molecular complexity index is 182. The highest BCUT2D eigenvalue weighted by Gasteiger charge is 2.29. The summed E-state index contributed by atoms with van der Waals surface area (Å²) < 4.78 is 1.19. The number of hydrogen-bond donors (Lipinski definition) is 0. The van der Waals surface area contributed by atoms with Crippen LogP contribution in [0.3, 0.4) is 0 Å². The molecule has 11 heavy (non-hydrogen) atoms. The Morgan fingerprint density at radius 3 is 2.64 bits per heavy atom. The Morgan fingerprint density at radius 2 is 2.00 bits per heavy atom. The van der Waals surface area contributed by atoms with Crippen LogP contribution in [0.1, 0.15) is 46.5 Å². The summed E-state index contributed by atoms with van der Waals surface area (Å²) in [4.78, 5) is 0. The lowest BCUT2D eigenvalue weighted by atomic mass is 9.99. The number of hydroxylamine groups is 1.